The third-order valence-corrected chi connectivity index (χ3v) is 5.10. The summed E-state index contributed by atoms with van der Waals surface area (Å²) in [4.78, 5) is 18.8. The molecule has 0 radical (unpaired) electrons. The second kappa shape index (κ2) is 7.39. The van der Waals surface area contributed by atoms with Crippen molar-refractivity contribution in [2.24, 2.45) is 0 Å². The van der Waals surface area contributed by atoms with Crippen LogP contribution in [-0.4, -0.2) is 54.9 Å². The van der Waals surface area contributed by atoms with Gasteiger partial charge >= 0.3 is 6.03 Å². The minimum absolute atomic E-state index is 0.00785. The molecule has 0 bridgehead atoms. The van der Waals surface area contributed by atoms with Gasteiger partial charge in [0.25, 0.3) is 0 Å². The fourth-order valence-electron chi connectivity index (χ4n) is 2.82. The Morgan fingerprint density at radius 1 is 1.41 bits per heavy atom. The normalized spacial score (nSPS) is 26.5. The predicted octanol–water partition coefficient (Wildman–Crippen LogP) is 2.10. The fourth-order valence-corrected chi connectivity index (χ4v) is 3.65. The van der Waals surface area contributed by atoms with Crippen molar-refractivity contribution in [3.05, 3.63) is 16.1 Å². The Hall–Kier alpha value is -1.18. The number of rotatable bonds is 2. The van der Waals surface area contributed by atoms with Crippen LogP contribution >= 0.6 is 11.3 Å². The highest BCUT2D eigenvalue weighted by atomic mass is 32.1. The van der Waals surface area contributed by atoms with E-state index < -0.39 is 0 Å². The number of carbonyl (C=O) groups excluding carboxylic acids is 1. The molecular weight excluding hydrogens is 302 g/mol. The molecule has 7 heteroatoms. The lowest BCUT2D eigenvalue weighted by atomic mass is 10.1. The predicted molar refractivity (Wildman–Crippen MR) is 84.1 cm³/mol. The second-order valence-corrected chi connectivity index (χ2v) is 6.71. The van der Waals surface area contributed by atoms with Crippen LogP contribution in [0.25, 0.3) is 0 Å². The van der Waals surface area contributed by atoms with Crippen LogP contribution in [-0.2, 0) is 9.47 Å². The molecule has 0 unspecified atom stereocenters. The van der Waals surface area contributed by atoms with Gasteiger partial charge in [-0.05, 0) is 26.2 Å². The van der Waals surface area contributed by atoms with Crippen LogP contribution in [0.15, 0.2) is 5.38 Å². The smallest absolute Gasteiger partial charge is 0.317 e. The minimum Gasteiger partial charge on any atom is -0.381 e. The number of amides is 2. The Kier molecular flexibility index (Phi) is 5.28. The summed E-state index contributed by atoms with van der Waals surface area (Å²) in [6, 6.07) is 0.229. The van der Waals surface area contributed by atoms with Crippen molar-refractivity contribution < 1.29 is 14.3 Å². The number of urea groups is 1. The maximum atomic E-state index is 12.5. The van der Waals surface area contributed by atoms with Gasteiger partial charge in [-0.3, -0.25) is 0 Å². The van der Waals surface area contributed by atoms with E-state index in [1.54, 1.807) is 11.3 Å². The molecule has 0 aliphatic carbocycles. The van der Waals surface area contributed by atoms with Gasteiger partial charge in [-0.1, -0.05) is 0 Å². The number of morpholine rings is 1. The Morgan fingerprint density at radius 3 is 3.14 bits per heavy atom. The van der Waals surface area contributed by atoms with Crippen molar-refractivity contribution in [2.45, 2.75) is 38.3 Å². The molecule has 0 saturated carbocycles. The average molecular weight is 325 g/mol. The largest absolute Gasteiger partial charge is 0.381 e. The third kappa shape index (κ3) is 3.97. The summed E-state index contributed by atoms with van der Waals surface area (Å²) in [5.74, 6) is 0. The highest BCUT2D eigenvalue weighted by molar-refractivity contribution is 7.09. The Labute approximate surface area is 134 Å². The molecule has 22 heavy (non-hydrogen) atoms. The number of nitrogens with one attached hydrogen (secondary N) is 1. The molecule has 2 aliphatic heterocycles. The highest BCUT2D eigenvalue weighted by Gasteiger charge is 2.28. The van der Waals surface area contributed by atoms with Gasteiger partial charge in [-0.25, -0.2) is 9.78 Å². The van der Waals surface area contributed by atoms with E-state index in [1.165, 1.54) is 0 Å². The summed E-state index contributed by atoms with van der Waals surface area (Å²) >= 11 is 1.60. The molecule has 3 rings (SSSR count). The van der Waals surface area contributed by atoms with Crippen molar-refractivity contribution in [1.82, 2.24) is 15.2 Å². The van der Waals surface area contributed by atoms with Gasteiger partial charge in [0.1, 0.15) is 11.1 Å². The van der Waals surface area contributed by atoms with Gasteiger partial charge in [0.2, 0.25) is 0 Å². The monoisotopic (exact) mass is 325 g/mol. The molecule has 0 spiro atoms. The minimum atomic E-state index is -0.101. The molecule has 2 amide bonds. The van der Waals surface area contributed by atoms with Crippen LogP contribution in [0.5, 0.6) is 0 Å². The summed E-state index contributed by atoms with van der Waals surface area (Å²) in [5.41, 5.74) is 1.00. The van der Waals surface area contributed by atoms with Gasteiger partial charge in [0, 0.05) is 36.9 Å². The molecule has 0 aromatic carbocycles. The summed E-state index contributed by atoms with van der Waals surface area (Å²) in [7, 11) is 0. The van der Waals surface area contributed by atoms with Crippen LogP contribution in [0.3, 0.4) is 0 Å². The van der Waals surface area contributed by atoms with E-state index in [-0.39, 0.29) is 18.2 Å². The number of aryl methyl sites for hydroxylation is 1. The Bertz CT molecular complexity index is 500. The van der Waals surface area contributed by atoms with Crippen molar-refractivity contribution in [2.75, 3.05) is 32.9 Å². The second-order valence-electron chi connectivity index (χ2n) is 5.82. The number of hydrogen-bond acceptors (Lipinski definition) is 5. The first-order chi connectivity index (χ1) is 10.7. The molecule has 1 aromatic heterocycles. The van der Waals surface area contributed by atoms with Crippen molar-refractivity contribution in [3.8, 4) is 0 Å². The zero-order valence-corrected chi connectivity index (χ0v) is 13.7. The molecule has 1 N–H and O–H groups in total. The summed E-state index contributed by atoms with van der Waals surface area (Å²) in [6.07, 6.45) is 2.79. The van der Waals surface area contributed by atoms with E-state index in [1.807, 2.05) is 17.2 Å². The highest BCUT2D eigenvalue weighted by Crippen LogP contribution is 2.25. The van der Waals surface area contributed by atoms with E-state index >= 15 is 0 Å². The van der Waals surface area contributed by atoms with Gasteiger partial charge in [-0.15, -0.1) is 11.3 Å². The van der Waals surface area contributed by atoms with E-state index in [0.29, 0.717) is 19.7 Å². The number of carbonyl (C=O) groups is 1. The first-order valence-electron chi connectivity index (χ1n) is 7.89. The molecule has 1 aromatic rings. The lowest BCUT2D eigenvalue weighted by Gasteiger charge is -2.33. The van der Waals surface area contributed by atoms with Crippen LogP contribution in [0, 0.1) is 6.92 Å². The van der Waals surface area contributed by atoms with Crippen LogP contribution in [0.2, 0.25) is 0 Å². The van der Waals surface area contributed by atoms with Crippen molar-refractivity contribution in [3.63, 3.8) is 0 Å². The summed E-state index contributed by atoms with van der Waals surface area (Å²) < 4.78 is 11.2. The summed E-state index contributed by atoms with van der Waals surface area (Å²) in [5, 5.41) is 6.11. The summed E-state index contributed by atoms with van der Waals surface area (Å²) in [6.45, 7) is 5.27. The first-order valence-corrected chi connectivity index (χ1v) is 8.77. The molecule has 2 atom stereocenters. The Morgan fingerprint density at radius 2 is 2.32 bits per heavy atom. The van der Waals surface area contributed by atoms with Gasteiger partial charge in [0.15, 0.2) is 0 Å². The quantitative estimate of drug-likeness (QED) is 0.904. The number of nitrogens with zero attached hydrogens (tertiary/aromatic N) is 2. The van der Waals surface area contributed by atoms with E-state index in [2.05, 4.69) is 10.3 Å². The van der Waals surface area contributed by atoms with E-state index in [4.69, 9.17) is 9.47 Å². The maximum absolute atomic E-state index is 12.5. The Balaban J connectivity index is 1.55. The fraction of sp³-hybridized carbons (Fsp3) is 0.733. The zero-order valence-electron chi connectivity index (χ0n) is 12.9. The standard InChI is InChI=1S/C15H23N3O3S/c1-11-10-22-14(16-11)13-9-18(5-8-21-13)15(19)17-12-3-2-6-20-7-4-12/h10,12-13H,2-9H2,1H3,(H,17,19)/t12-,13+/m1/s1. The molecule has 2 fully saturated rings. The lowest BCUT2D eigenvalue weighted by Crippen LogP contribution is -2.50. The van der Waals surface area contributed by atoms with Gasteiger partial charge in [-0.2, -0.15) is 0 Å². The number of aromatic nitrogens is 1. The maximum Gasteiger partial charge on any atom is 0.317 e. The number of hydrogen-bond donors (Lipinski definition) is 1. The van der Waals surface area contributed by atoms with E-state index in [0.717, 1.165) is 43.2 Å². The van der Waals surface area contributed by atoms with E-state index in [9.17, 15) is 4.79 Å². The molecular formula is C15H23N3O3S. The third-order valence-electron chi connectivity index (χ3n) is 4.05. The zero-order chi connectivity index (χ0) is 15.4. The topological polar surface area (TPSA) is 63.7 Å². The SMILES string of the molecule is Cc1csc([C@@H]2CN(C(=O)N[C@@H]3CCCOCC3)CCO2)n1. The molecule has 122 valence electrons. The lowest BCUT2D eigenvalue weighted by molar-refractivity contribution is -0.0160. The number of ether oxygens (including phenoxy) is 2. The number of thiazole rings is 1. The van der Waals surface area contributed by atoms with Crippen molar-refractivity contribution in [1.29, 1.82) is 0 Å². The van der Waals surface area contributed by atoms with Crippen molar-refractivity contribution >= 4 is 17.4 Å². The first kappa shape index (κ1) is 15.7. The van der Waals surface area contributed by atoms with Gasteiger partial charge in [0.05, 0.1) is 13.2 Å². The molecule has 6 nitrogen and oxygen atoms in total. The average Bonchev–Trinajstić information content (AvgIpc) is 2.80. The van der Waals surface area contributed by atoms with Crippen LogP contribution < -0.4 is 5.32 Å². The molecule has 2 saturated heterocycles. The molecule has 3 heterocycles. The van der Waals surface area contributed by atoms with Crippen LogP contribution in [0.4, 0.5) is 4.79 Å². The van der Waals surface area contributed by atoms with Gasteiger partial charge < -0.3 is 19.7 Å². The molecule has 2 aliphatic rings. The van der Waals surface area contributed by atoms with Crippen LogP contribution in [0.1, 0.15) is 36.1 Å².